The first kappa shape index (κ1) is 30.4. The fraction of sp³-hybridized carbons (Fsp3) is 0.357. The zero-order valence-corrected chi connectivity index (χ0v) is 24.2. The van der Waals surface area contributed by atoms with E-state index >= 15 is 8.78 Å². The quantitative estimate of drug-likeness (QED) is 0.159. The molecule has 43 heavy (non-hydrogen) atoms. The smallest absolute Gasteiger partial charge is 0.219 e. The summed E-state index contributed by atoms with van der Waals surface area (Å²) in [6.45, 7) is 2.44. The Morgan fingerprint density at radius 3 is 2.60 bits per heavy atom. The zero-order chi connectivity index (χ0) is 30.3. The van der Waals surface area contributed by atoms with Crippen molar-refractivity contribution in [3.05, 3.63) is 54.1 Å². The molecule has 0 radical (unpaired) electrons. The van der Waals surface area contributed by atoms with Crippen LogP contribution in [0.25, 0.3) is 33.4 Å². The Kier molecular flexibility index (Phi) is 9.86. The number of hydrogen-bond donors (Lipinski definition) is 3. The van der Waals surface area contributed by atoms with E-state index in [4.69, 9.17) is 29.9 Å². The summed E-state index contributed by atoms with van der Waals surface area (Å²) in [6, 6.07) is 7.86. The van der Waals surface area contributed by atoms with Gasteiger partial charge in [0.1, 0.15) is 35.7 Å². The first-order valence-electron chi connectivity index (χ1n) is 13.5. The Morgan fingerprint density at radius 2 is 1.88 bits per heavy atom. The van der Waals surface area contributed by atoms with Crippen molar-refractivity contribution in [1.82, 2.24) is 24.7 Å². The fourth-order valence-electron chi connectivity index (χ4n) is 4.74. The van der Waals surface area contributed by atoms with E-state index in [-0.39, 0.29) is 36.6 Å². The van der Waals surface area contributed by atoms with E-state index in [0.717, 1.165) is 0 Å². The van der Waals surface area contributed by atoms with Gasteiger partial charge in [-0.25, -0.2) is 41.9 Å². The van der Waals surface area contributed by atoms with E-state index in [1.807, 2.05) is 0 Å². The van der Waals surface area contributed by atoms with Crippen LogP contribution in [0, 0.1) is 5.82 Å². The number of nitrogens with one attached hydrogen (secondary N) is 1. The number of rotatable bonds is 12. The Labute approximate surface area is 248 Å². The number of ether oxygens (including phenoxy) is 3. The fourth-order valence-corrected chi connectivity index (χ4v) is 5.05. The van der Waals surface area contributed by atoms with Crippen LogP contribution in [0.5, 0.6) is 5.75 Å². The second-order valence-electron chi connectivity index (χ2n) is 9.64. The number of benzene rings is 2. The maximum absolute atomic E-state index is 15.9. The standard InChI is InChI=1S/C28H31F2N7O5S/c1-40-11-12-42-23-14-17(19-3-2-4-20(24(19)30)22(29)5-6-34-43(38)39)13-21-25(23)35-26(18-15-32-28(31)33-16-18)36-27(21)37-7-9-41-10-8-37/h2-4,13-16,22,43H,5-12H2,1H3,(H2,31,32,33)(H,34,38,39). The molecular weight excluding hydrogens is 584 g/mol. The summed E-state index contributed by atoms with van der Waals surface area (Å²) in [5, 5.41) is 0.594. The summed E-state index contributed by atoms with van der Waals surface area (Å²) in [4.78, 5) is 19.9. The van der Waals surface area contributed by atoms with Gasteiger partial charge in [-0.1, -0.05) is 18.2 Å². The number of morpholine rings is 1. The van der Waals surface area contributed by atoms with Crippen LogP contribution in [0.3, 0.4) is 0 Å². The molecule has 228 valence electrons. The van der Waals surface area contributed by atoms with Crippen molar-refractivity contribution in [2.75, 3.05) is 63.8 Å². The van der Waals surface area contributed by atoms with Gasteiger partial charge in [0.05, 0.1) is 25.4 Å². The molecule has 2 aromatic heterocycles. The van der Waals surface area contributed by atoms with Crippen molar-refractivity contribution in [3.8, 4) is 28.3 Å². The molecule has 1 aliphatic rings. The van der Waals surface area contributed by atoms with Crippen molar-refractivity contribution in [2.45, 2.75) is 12.6 Å². The number of halogens is 2. The molecule has 1 saturated heterocycles. The molecule has 5 rings (SSSR count). The molecule has 4 aromatic rings. The largest absolute Gasteiger partial charge is 0.489 e. The van der Waals surface area contributed by atoms with Gasteiger partial charge in [-0.2, -0.15) is 0 Å². The van der Waals surface area contributed by atoms with Gasteiger partial charge in [0.25, 0.3) is 0 Å². The summed E-state index contributed by atoms with van der Waals surface area (Å²) in [5.74, 6) is 0.636. The molecule has 0 amide bonds. The summed E-state index contributed by atoms with van der Waals surface area (Å²) < 4.78 is 71.5. The molecule has 15 heteroatoms. The van der Waals surface area contributed by atoms with Gasteiger partial charge in [-0.05, 0) is 24.1 Å². The van der Waals surface area contributed by atoms with E-state index in [1.165, 1.54) is 18.5 Å². The highest BCUT2D eigenvalue weighted by molar-refractivity contribution is 7.70. The van der Waals surface area contributed by atoms with Crippen LogP contribution in [0.1, 0.15) is 18.2 Å². The van der Waals surface area contributed by atoms with E-state index in [0.29, 0.717) is 72.3 Å². The van der Waals surface area contributed by atoms with Crippen molar-refractivity contribution in [1.29, 1.82) is 0 Å². The number of methoxy groups -OCH3 is 1. The third-order valence-electron chi connectivity index (χ3n) is 6.85. The molecule has 1 fully saturated rings. The number of aromatic nitrogens is 4. The van der Waals surface area contributed by atoms with Gasteiger partial charge in [-0.3, -0.25) is 0 Å². The lowest BCUT2D eigenvalue weighted by molar-refractivity contribution is 0.122. The molecule has 0 spiro atoms. The normalized spacial score (nSPS) is 14.4. The summed E-state index contributed by atoms with van der Waals surface area (Å²) in [6.07, 6.45) is 1.12. The Morgan fingerprint density at radius 1 is 1.12 bits per heavy atom. The molecule has 1 aliphatic heterocycles. The summed E-state index contributed by atoms with van der Waals surface area (Å²) >= 11 is 0. The van der Waals surface area contributed by atoms with Crippen molar-refractivity contribution in [3.63, 3.8) is 0 Å². The van der Waals surface area contributed by atoms with Crippen LogP contribution < -0.4 is 20.1 Å². The second kappa shape index (κ2) is 13.9. The van der Waals surface area contributed by atoms with Crippen molar-refractivity contribution >= 4 is 33.6 Å². The van der Waals surface area contributed by atoms with Crippen LogP contribution in [-0.2, 0) is 20.4 Å². The lowest BCUT2D eigenvalue weighted by Gasteiger charge is -2.29. The lowest BCUT2D eigenvalue weighted by atomic mass is 9.97. The molecular formula is C28H31F2N7O5S. The molecule has 1 unspecified atom stereocenters. The Bertz CT molecular complexity index is 1650. The topological polar surface area (TPSA) is 155 Å². The molecule has 3 N–H and O–H groups in total. The minimum atomic E-state index is -2.87. The molecule has 0 saturated carbocycles. The van der Waals surface area contributed by atoms with Gasteiger partial charge in [0, 0.05) is 55.7 Å². The third-order valence-corrected chi connectivity index (χ3v) is 7.33. The highest BCUT2D eigenvalue weighted by Gasteiger charge is 2.24. The maximum atomic E-state index is 15.9. The van der Waals surface area contributed by atoms with Gasteiger partial charge < -0.3 is 24.8 Å². The minimum absolute atomic E-state index is 0.114. The van der Waals surface area contributed by atoms with Crippen molar-refractivity contribution < 1.29 is 31.4 Å². The number of anilines is 2. The van der Waals surface area contributed by atoms with Gasteiger partial charge in [-0.15, -0.1) is 0 Å². The maximum Gasteiger partial charge on any atom is 0.219 e. The van der Waals surface area contributed by atoms with Crippen molar-refractivity contribution in [2.24, 2.45) is 0 Å². The molecule has 1 atom stereocenters. The second-order valence-corrected chi connectivity index (χ2v) is 10.5. The monoisotopic (exact) mass is 615 g/mol. The molecule has 2 aromatic carbocycles. The van der Waals surface area contributed by atoms with Crippen LogP contribution in [0.2, 0.25) is 0 Å². The zero-order valence-electron chi connectivity index (χ0n) is 23.3. The van der Waals surface area contributed by atoms with Gasteiger partial charge in [0.15, 0.2) is 5.82 Å². The predicted octanol–water partition coefficient (Wildman–Crippen LogP) is 2.85. The minimum Gasteiger partial charge on any atom is -0.489 e. The van der Waals surface area contributed by atoms with E-state index in [1.54, 1.807) is 31.4 Å². The van der Waals surface area contributed by atoms with Gasteiger partial charge >= 0.3 is 0 Å². The number of fused-ring (bicyclic) bond motifs is 1. The summed E-state index contributed by atoms with van der Waals surface area (Å²) in [5.41, 5.74) is 7.09. The highest BCUT2D eigenvalue weighted by Crippen LogP contribution is 2.39. The number of hydrogen-bond acceptors (Lipinski definition) is 11. The first-order chi connectivity index (χ1) is 20.9. The number of alkyl halides is 1. The summed E-state index contributed by atoms with van der Waals surface area (Å²) in [7, 11) is -1.32. The van der Waals surface area contributed by atoms with E-state index in [9.17, 15) is 8.42 Å². The predicted molar refractivity (Wildman–Crippen MR) is 158 cm³/mol. The molecule has 12 nitrogen and oxygen atoms in total. The van der Waals surface area contributed by atoms with E-state index in [2.05, 4.69) is 19.6 Å². The number of nitrogen functional groups attached to an aromatic ring is 1. The average molecular weight is 616 g/mol. The van der Waals surface area contributed by atoms with Crippen LogP contribution in [0.15, 0.2) is 42.7 Å². The average Bonchev–Trinajstić information content (AvgIpc) is 3.01. The lowest BCUT2D eigenvalue weighted by Crippen LogP contribution is -2.37. The Balaban J connectivity index is 1.66. The van der Waals surface area contributed by atoms with Crippen LogP contribution in [0.4, 0.5) is 20.5 Å². The number of nitrogens with zero attached hydrogens (tertiary/aromatic N) is 5. The third kappa shape index (κ3) is 7.13. The molecule has 0 aliphatic carbocycles. The van der Waals surface area contributed by atoms with Gasteiger partial charge in [0.2, 0.25) is 16.8 Å². The molecule has 0 bridgehead atoms. The Hall–Kier alpha value is -4.05. The van der Waals surface area contributed by atoms with Crippen LogP contribution in [-0.4, -0.2) is 81.5 Å². The molecule has 3 heterocycles. The number of thiol groups is 1. The van der Waals surface area contributed by atoms with E-state index < -0.39 is 22.9 Å². The SMILES string of the molecule is COCCOc1cc(-c2cccc(C(F)CCN[SH](=O)=O)c2F)cc2c(N3CCOCC3)nc(-c3cnc(N)nc3)nc12. The highest BCUT2D eigenvalue weighted by atomic mass is 32.2. The van der Waals surface area contributed by atoms with Crippen LogP contribution >= 0.6 is 0 Å². The number of nitrogens with two attached hydrogens (primary N) is 1. The first-order valence-corrected chi connectivity index (χ1v) is 14.7.